The van der Waals surface area contributed by atoms with Gasteiger partial charge in [-0.2, -0.15) is 0 Å². The van der Waals surface area contributed by atoms with Crippen LogP contribution in [0.2, 0.25) is 5.02 Å². The van der Waals surface area contributed by atoms with Crippen LogP contribution in [0.3, 0.4) is 0 Å². The van der Waals surface area contributed by atoms with E-state index in [4.69, 9.17) is 11.6 Å². The number of hydrogen-bond acceptors (Lipinski definition) is 4. The van der Waals surface area contributed by atoms with Crippen LogP contribution in [0.4, 0.5) is 5.69 Å². The Labute approximate surface area is 89.9 Å². The maximum atomic E-state index is 11.3. The van der Waals surface area contributed by atoms with Crippen molar-refractivity contribution < 1.29 is 14.6 Å². The summed E-state index contributed by atoms with van der Waals surface area (Å²) in [6, 6.07) is 3.58. The third-order valence-corrected chi connectivity index (χ3v) is 1.93. The predicted octanol–water partition coefficient (Wildman–Crippen LogP) is 1.54. The van der Waals surface area contributed by atoms with Crippen LogP contribution in [-0.4, -0.2) is 17.9 Å². The number of benzene rings is 1. The van der Waals surface area contributed by atoms with Gasteiger partial charge >= 0.3 is 0 Å². The van der Waals surface area contributed by atoms with Crippen LogP contribution in [0, 0.1) is 10.1 Å². The fourth-order valence-corrected chi connectivity index (χ4v) is 1.15. The molecule has 0 unspecified atom stereocenters. The highest BCUT2D eigenvalue weighted by molar-refractivity contribution is 6.33. The zero-order chi connectivity index (χ0) is 11.4. The Morgan fingerprint density at radius 1 is 1.60 bits per heavy atom. The fourth-order valence-electron chi connectivity index (χ4n) is 0.949. The number of hydrogen-bond donors (Lipinski definition) is 1. The molecule has 0 aromatic heterocycles. The molecule has 1 rings (SSSR count). The van der Waals surface area contributed by atoms with Gasteiger partial charge in [0.15, 0.2) is 0 Å². The van der Waals surface area contributed by atoms with Gasteiger partial charge < -0.3 is 0 Å². The van der Waals surface area contributed by atoms with Crippen molar-refractivity contribution in [2.24, 2.45) is 0 Å². The molecule has 7 heteroatoms. The van der Waals surface area contributed by atoms with Crippen LogP contribution in [0.1, 0.15) is 10.4 Å². The first kappa shape index (κ1) is 11.4. The number of carbonyl (C=O) groups excluding carboxylic acids is 1. The number of nitrogens with one attached hydrogen (secondary N) is 1. The predicted molar refractivity (Wildman–Crippen MR) is 52.6 cm³/mol. The standard InChI is InChI=1S/C8H7ClN2O4/c1-15-10-8(12)6-4-5(11(13)14)2-3-7(6)9/h2-4H,1H3,(H,10,12). The summed E-state index contributed by atoms with van der Waals surface area (Å²) in [5.74, 6) is -0.633. The zero-order valence-corrected chi connectivity index (χ0v) is 8.45. The van der Waals surface area contributed by atoms with E-state index in [-0.39, 0.29) is 16.3 Å². The number of nitro benzene ring substituents is 1. The minimum absolute atomic E-state index is 0.00674. The second kappa shape index (κ2) is 4.72. The van der Waals surface area contributed by atoms with E-state index in [0.717, 1.165) is 6.07 Å². The van der Waals surface area contributed by atoms with Crippen molar-refractivity contribution in [3.05, 3.63) is 38.9 Å². The number of non-ortho nitro benzene ring substituents is 1. The van der Waals surface area contributed by atoms with Crippen molar-refractivity contribution in [3.63, 3.8) is 0 Å². The molecule has 0 aliphatic heterocycles. The summed E-state index contributed by atoms with van der Waals surface area (Å²) < 4.78 is 0. The fraction of sp³-hybridized carbons (Fsp3) is 0.125. The van der Waals surface area contributed by atoms with Crippen LogP contribution >= 0.6 is 11.6 Å². The van der Waals surface area contributed by atoms with E-state index in [1.54, 1.807) is 0 Å². The van der Waals surface area contributed by atoms with Crippen LogP contribution in [0.15, 0.2) is 18.2 Å². The van der Waals surface area contributed by atoms with Crippen molar-refractivity contribution in [2.75, 3.05) is 7.11 Å². The van der Waals surface area contributed by atoms with Gasteiger partial charge in [0, 0.05) is 12.1 Å². The number of rotatable bonds is 3. The average Bonchev–Trinajstić information content (AvgIpc) is 2.18. The van der Waals surface area contributed by atoms with Crippen molar-refractivity contribution in [1.82, 2.24) is 5.48 Å². The van der Waals surface area contributed by atoms with E-state index in [2.05, 4.69) is 4.84 Å². The third-order valence-electron chi connectivity index (χ3n) is 1.60. The lowest BCUT2D eigenvalue weighted by Gasteiger charge is -2.03. The van der Waals surface area contributed by atoms with Gasteiger partial charge in [-0.15, -0.1) is 0 Å². The van der Waals surface area contributed by atoms with Gasteiger partial charge in [-0.1, -0.05) is 11.6 Å². The van der Waals surface area contributed by atoms with Crippen LogP contribution in [0.5, 0.6) is 0 Å². The molecule has 1 aromatic carbocycles. The number of carbonyl (C=O) groups is 1. The van der Waals surface area contributed by atoms with E-state index in [1.165, 1.54) is 19.2 Å². The Bertz CT molecular complexity index is 408. The number of nitro groups is 1. The van der Waals surface area contributed by atoms with E-state index in [9.17, 15) is 14.9 Å². The van der Waals surface area contributed by atoms with Crippen LogP contribution < -0.4 is 5.48 Å². The van der Waals surface area contributed by atoms with Crippen LogP contribution in [0.25, 0.3) is 0 Å². The number of halogens is 1. The molecule has 0 fully saturated rings. The molecule has 0 aliphatic rings. The topological polar surface area (TPSA) is 81.5 Å². The lowest BCUT2D eigenvalue weighted by Crippen LogP contribution is -2.22. The molecule has 0 spiro atoms. The summed E-state index contributed by atoms with van der Waals surface area (Å²) in [5, 5.41) is 10.6. The first-order valence-corrected chi connectivity index (χ1v) is 4.21. The highest BCUT2D eigenvalue weighted by Gasteiger charge is 2.15. The summed E-state index contributed by atoms with van der Waals surface area (Å²) in [7, 11) is 1.25. The Morgan fingerprint density at radius 2 is 2.27 bits per heavy atom. The number of nitrogens with zero attached hydrogens (tertiary/aromatic N) is 1. The first-order valence-electron chi connectivity index (χ1n) is 3.83. The smallest absolute Gasteiger partial charge is 0.276 e. The minimum atomic E-state index is -0.633. The Balaban J connectivity index is 3.10. The van der Waals surface area contributed by atoms with Crippen molar-refractivity contribution >= 4 is 23.2 Å². The van der Waals surface area contributed by atoms with Gasteiger partial charge in [0.2, 0.25) is 0 Å². The maximum absolute atomic E-state index is 11.3. The van der Waals surface area contributed by atoms with Gasteiger partial charge in [-0.05, 0) is 6.07 Å². The molecular weight excluding hydrogens is 224 g/mol. The maximum Gasteiger partial charge on any atom is 0.276 e. The second-order valence-electron chi connectivity index (χ2n) is 2.56. The molecular formula is C8H7ClN2O4. The number of hydroxylamine groups is 1. The Morgan fingerprint density at radius 3 is 2.80 bits per heavy atom. The van der Waals surface area contributed by atoms with Crippen LogP contribution in [-0.2, 0) is 4.84 Å². The van der Waals surface area contributed by atoms with Gasteiger partial charge in [0.25, 0.3) is 11.6 Å². The monoisotopic (exact) mass is 230 g/mol. The molecule has 1 N–H and O–H groups in total. The average molecular weight is 231 g/mol. The summed E-state index contributed by atoms with van der Waals surface area (Å²) in [6.07, 6.45) is 0. The van der Waals surface area contributed by atoms with Crippen molar-refractivity contribution in [2.45, 2.75) is 0 Å². The summed E-state index contributed by atoms with van der Waals surface area (Å²) >= 11 is 5.69. The normalized spacial score (nSPS) is 9.73. The quantitative estimate of drug-likeness (QED) is 0.631. The van der Waals surface area contributed by atoms with Gasteiger partial charge in [0.1, 0.15) is 0 Å². The highest BCUT2D eigenvalue weighted by atomic mass is 35.5. The lowest BCUT2D eigenvalue weighted by atomic mass is 10.2. The Kier molecular flexibility index (Phi) is 3.59. The molecule has 0 radical (unpaired) electrons. The highest BCUT2D eigenvalue weighted by Crippen LogP contribution is 2.21. The molecule has 0 saturated carbocycles. The summed E-state index contributed by atoms with van der Waals surface area (Å²) in [6.45, 7) is 0. The van der Waals surface area contributed by atoms with Gasteiger partial charge in [-0.3, -0.25) is 19.7 Å². The molecule has 1 amide bonds. The molecule has 1 aromatic rings. The van der Waals surface area contributed by atoms with Gasteiger partial charge in [-0.25, -0.2) is 5.48 Å². The number of amides is 1. The van der Waals surface area contributed by atoms with E-state index < -0.39 is 10.8 Å². The molecule has 80 valence electrons. The largest absolute Gasteiger partial charge is 0.277 e. The first-order chi connectivity index (χ1) is 7.06. The molecule has 0 aliphatic carbocycles. The summed E-state index contributed by atoms with van der Waals surface area (Å²) in [5.41, 5.74) is 1.81. The summed E-state index contributed by atoms with van der Waals surface area (Å²) in [4.78, 5) is 25.5. The lowest BCUT2D eigenvalue weighted by molar-refractivity contribution is -0.384. The Hall–Kier alpha value is -1.66. The van der Waals surface area contributed by atoms with Crippen molar-refractivity contribution in [1.29, 1.82) is 0 Å². The molecule has 15 heavy (non-hydrogen) atoms. The van der Waals surface area contributed by atoms with E-state index in [0.29, 0.717) is 0 Å². The van der Waals surface area contributed by atoms with Crippen molar-refractivity contribution in [3.8, 4) is 0 Å². The second-order valence-corrected chi connectivity index (χ2v) is 2.96. The van der Waals surface area contributed by atoms with E-state index in [1.807, 2.05) is 5.48 Å². The van der Waals surface area contributed by atoms with E-state index >= 15 is 0 Å². The molecule has 0 atom stereocenters. The van der Waals surface area contributed by atoms with Gasteiger partial charge in [0.05, 0.1) is 22.6 Å². The SMILES string of the molecule is CONC(=O)c1cc([N+](=O)[O-])ccc1Cl. The third kappa shape index (κ3) is 2.64. The molecule has 0 saturated heterocycles. The molecule has 6 nitrogen and oxygen atoms in total. The zero-order valence-electron chi connectivity index (χ0n) is 7.69. The molecule has 0 heterocycles. The minimum Gasteiger partial charge on any atom is -0.277 e. The molecule has 0 bridgehead atoms.